The minimum absolute atomic E-state index is 0.209. The minimum atomic E-state index is -1.17. The lowest BCUT2D eigenvalue weighted by atomic mass is 10.0. The number of esters is 1. The highest BCUT2D eigenvalue weighted by molar-refractivity contribution is 5.94. The van der Waals surface area contributed by atoms with Gasteiger partial charge in [0.1, 0.15) is 12.1 Å². The van der Waals surface area contributed by atoms with Gasteiger partial charge in [0, 0.05) is 23.5 Å². The van der Waals surface area contributed by atoms with Gasteiger partial charge in [-0.05, 0) is 57.2 Å². The summed E-state index contributed by atoms with van der Waals surface area (Å²) >= 11 is 0. The van der Waals surface area contributed by atoms with Gasteiger partial charge < -0.3 is 26.1 Å². The number of aryl methyl sites for hydroxylation is 1. The van der Waals surface area contributed by atoms with Crippen molar-refractivity contribution in [3.05, 3.63) is 71.9 Å². The fraction of sp³-hybridized carbons (Fsp3) is 0.393. The first kappa shape index (κ1) is 26.9. The van der Waals surface area contributed by atoms with Crippen LogP contribution in [0.4, 0.5) is 0 Å². The van der Waals surface area contributed by atoms with E-state index in [0.717, 1.165) is 28.5 Å². The normalized spacial score (nSPS) is 13.1. The first-order valence-electron chi connectivity index (χ1n) is 12.3. The summed E-state index contributed by atoms with van der Waals surface area (Å²) in [5, 5.41) is 6.56. The van der Waals surface area contributed by atoms with E-state index in [9.17, 15) is 14.4 Å². The minimum Gasteiger partial charge on any atom is -0.464 e. The second kappa shape index (κ2) is 12.4. The maximum Gasteiger partial charge on any atom is 0.328 e. The summed E-state index contributed by atoms with van der Waals surface area (Å²) in [6.07, 6.45) is 3.92. The highest BCUT2D eigenvalue weighted by Gasteiger charge is 2.31. The molecule has 3 aromatic rings. The molecule has 2 atom stereocenters. The number of nitrogens with two attached hydrogens (primary N) is 1. The molecule has 5 N–H and O–H groups in total. The molecular formula is C28H36N4O4. The van der Waals surface area contributed by atoms with Crippen LogP contribution < -0.4 is 16.4 Å². The van der Waals surface area contributed by atoms with E-state index in [0.29, 0.717) is 12.8 Å². The Morgan fingerprint density at radius 2 is 1.69 bits per heavy atom. The largest absolute Gasteiger partial charge is 0.464 e. The van der Waals surface area contributed by atoms with Crippen LogP contribution in [-0.4, -0.2) is 47.0 Å². The SMILES string of the molecule is CCOC(=O)[C@H](CCCc1ccccc1)NC(=O)[C@@H](Cc1c[nH]c2ccccc12)NC(=O)C(C)(C)N. The Balaban J connectivity index is 1.76. The molecular weight excluding hydrogens is 456 g/mol. The summed E-state index contributed by atoms with van der Waals surface area (Å²) in [5.41, 5.74) is 7.77. The summed E-state index contributed by atoms with van der Waals surface area (Å²) in [6, 6.07) is 15.9. The molecule has 0 saturated carbocycles. The van der Waals surface area contributed by atoms with E-state index in [4.69, 9.17) is 10.5 Å². The second-order valence-corrected chi connectivity index (χ2v) is 9.50. The number of carbonyl (C=O) groups is 3. The molecule has 1 aromatic heterocycles. The zero-order valence-electron chi connectivity index (χ0n) is 21.2. The number of nitrogens with one attached hydrogen (secondary N) is 3. The van der Waals surface area contributed by atoms with Crippen molar-refractivity contribution in [1.29, 1.82) is 0 Å². The fourth-order valence-corrected chi connectivity index (χ4v) is 3.99. The number of aromatic nitrogens is 1. The Labute approximate surface area is 212 Å². The lowest BCUT2D eigenvalue weighted by molar-refractivity contribution is -0.148. The number of para-hydroxylation sites is 1. The van der Waals surface area contributed by atoms with Crippen molar-refractivity contribution in [3.8, 4) is 0 Å². The Morgan fingerprint density at radius 1 is 1.00 bits per heavy atom. The van der Waals surface area contributed by atoms with Crippen LogP contribution in [0, 0.1) is 0 Å². The lowest BCUT2D eigenvalue weighted by Gasteiger charge is -2.25. The number of carbonyl (C=O) groups excluding carboxylic acids is 3. The van der Waals surface area contributed by atoms with Crippen LogP contribution in [0.3, 0.4) is 0 Å². The van der Waals surface area contributed by atoms with E-state index < -0.39 is 35.4 Å². The Hall–Kier alpha value is -3.65. The quantitative estimate of drug-likeness (QED) is 0.289. The molecule has 2 aromatic carbocycles. The third-order valence-electron chi connectivity index (χ3n) is 5.99. The number of ether oxygens (including phenoxy) is 1. The van der Waals surface area contributed by atoms with Crippen molar-refractivity contribution in [2.75, 3.05) is 6.61 Å². The van der Waals surface area contributed by atoms with Crippen LogP contribution in [0.1, 0.15) is 44.7 Å². The van der Waals surface area contributed by atoms with Gasteiger partial charge in [-0.3, -0.25) is 9.59 Å². The molecule has 2 amide bonds. The van der Waals surface area contributed by atoms with Crippen LogP contribution in [0.25, 0.3) is 10.9 Å². The van der Waals surface area contributed by atoms with Gasteiger partial charge in [0.2, 0.25) is 11.8 Å². The molecule has 3 rings (SSSR count). The van der Waals surface area contributed by atoms with E-state index >= 15 is 0 Å². The van der Waals surface area contributed by atoms with Gasteiger partial charge in [0.25, 0.3) is 0 Å². The molecule has 1 heterocycles. The number of rotatable bonds is 12. The van der Waals surface area contributed by atoms with E-state index in [-0.39, 0.29) is 13.0 Å². The van der Waals surface area contributed by atoms with Crippen LogP contribution in [0.5, 0.6) is 0 Å². The van der Waals surface area contributed by atoms with Crippen molar-refractivity contribution in [2.45, 2.75) is 64.1 Å². The molecule has 0 aliphatic carbocycles. The lowest BCUT2D eigenvalue weighted by Crippen LogP contribution is -2.58. The molecule has 0 saturated heterocycles. The molecule has 0 aliphatic rings. The van der Waals surface area contributed by atoms with Crippen molar-refractivity contribution in [2.24, 2.45) is 5.73 Å². The summed E-state index contributed by atoms with van der Waals surface area (Å²) in [6.45, 7) is 5.09. The van der Waals surface area contributed by atoms with E-state index in [1.54, 1.807) is 20.8 Å². The first-order valence-corrected chi connectivity index (χ1v) is 12.3. The van der Waals surface area contributed by atoms with Crippen molar-refractivity contribution < 1.29 is 19.1 Å². The first-order chi connectivity index (χ1) is 17.2. The number of benzene rings is 2. The van der Waals surface area contributed by atoms with Gasteiger partial charge >= 0.3 is 5.97 Å². The molecule has 0 bridgehead atoms. The molecule has 8 nitrogen and oxygen atoms in total. The Kier molecular flexibility index (Phi) is 9.25. The van der Waals surface area contributed by atoms with Crippen LogP contribution in [0.15, 0.2) is 60.8 Å². The highest BCUT2D eigenvalue weighted by atomic mass is 16.5. The van der Waals surface area contributed by atoms with Gasteiger partial charge in [0.05, 0.1) is 12.1 Å². The summed E-state index contributed by atoms with van der Waals surface area (Å²) < 4.78 is 5.22. The van der Waals surface area contributed by atoms with Gasteiger partial charge in [-0.15, -0.1) is 0 Å². The summed E-state index contributed by atoms with van der Waals surface area (Å²) in [4.78, 5) is 42.0. The van der Waals surface area contributed by atoms with Crippen LogP contribution in [0.2, 0.25) is 0 Å². The third-order valence-corrected chi connectivity index (χ3v) is 5.99. The van der Waals surface area contributed by atoms with Gasteiger partial charge in [-0.2, -0.15) is 0 Å². The molecule has 192 valence electrons. The highest BCUT2D eigenvalue weighted by Crippen LogP contribution is 2.19. The van der Waals surface area contributed by atoms with Crippen LogP contribution in [-0.2, 0) is 32.0 Å². The van der Waals surface area contributed by atoms with Crippen molar-refractivity contribution >= 4 is 28.7 Å². The smallest absolute Gasteiger partial charge is 0.328 e. The molecule has 0 aliphatic heterocycles. The molecule has 8 heteroatoms. The zero-order chi connectivity index (χ0) is 26.1. The predicted octanol–water partition coefficient (Wildman–Crippen LogP) is 3.00. The zero-order valence-corrected chi connectivity index (χ0v) is 21.2. The van der Waals surface area contributed by atoms with E-state index in [2.05, 4.69) is 15.6 Å². The number of aromatic amines is 1. The number of amides is 2. The van der Waals surface area contributed by atoms with Gasteiger partial charge in [-0.1, -0.05) is 48.5 Å². The molecule has 0 radical (unpaired) electrons. The van der Waals surface area contributed by atoms with E-state index in [1.807, 2.05) is 60.8 Å². The average molecular weight is 493 g/mol. The topological polar surface area (TPSA) is 126 Å². The monoisotopic (exact) mass is 492 g/mol. The van der Waals surface area contributed by atoms with Gasteiger partial charge in [0.15, 0.2) is 0 Å². The Bertz CT molecular complexity index is 1170. The number of hydrogen-bond donors (Lipinski definition) is 4. The summed E-state index contributed by atoms with van der Waals surface area (Å²) in [7, 11) is 0. The Morgan fingerprint density at radius 3 is 2.39 bits per heavy atom. The second-order valence-electron chi connectivity index (χ2n) is 9.50. The van der Waals surface area contributed by atoms with E-state index in [1.165, 1.54) is 0 Å². The summed E-state index contributed by atoms with van der Waals surface area (Å²) in [5.74, 6) is -1.41. The number of H-pyrrole nitrogens is 1. The third kappa shape index (κ3) is 7.42. The molecule has 0 unspecified atom stereocenters. The van der Waals surface area contributed by atoms with Gasteiger partial charge in [-0.25, -0.2) is 4.79 Å². The molecule has 0 fully saturated rings. The predicted molar refractivity (Wildman–Crippen MR) is 140 cm³/mol. The number of fused-ring (bicyclic) bond motifs is 1. The fourth-order valence-electron chi connectivity index (χ4n) is 3.99. The van der Waals surface area contributed by atoms with Crippen molar-refractivity contribution in [3.63, 3.8) is 0 Å². The average Bonchev–Trinajstić information content (AvgIpc) is 3.26. The standard InChI is InChI=1S/C28H36N4O4/c1-4-36-26(34)23(16-10-13-19-11-6-5-7-12-19)31-25(33)24(32-27(35)28(2,3)29)17-20-18-30-22-15-9-8-14-21(20)22/h5-9,11-12,14-15,18,23-24,30H,4,10,13,16-17,29H2,1-3H3,(H,31,33)(H,32,35)/t23-,24+/m0/s1. The maximum absolute atomic E-state index is 13.4. The van der Waals surface area contributed by atoms with Crippen LogP contribution >= 0.6 is 0 Å². The maximum atomic E-state index is 13.4. The van der Waals surface area contributed by atoms with Crippen molar-refractivity contribution in [1.82, 2.24) is 15.6 Å². The molecule has 0 spiro atoms. The number of hydrogen-bond acceptors (Lipinski definition) is 5. The molecule has 36 heavy (non-hydrogen) atoms.